The first-order valence-electron chi connectivity index (χ1n) is 5.31. The van der Waals surface area contributed by atoms with E-state index in [0.717, 1.165) is 23.9 Å². The van der Waals surface area contributed by atoms with Crippen molar-refractivity contribution >= 4 is 23.4 Å². The Balaban J connectivity index is 2.39. The number of halogens is 4. The molecule has 0 saturated carbocycles. The Kier molecular flexibility index (Phi) is 4.21. The lowest BCUT2D eigenvalue weighted by Crippen LogP contribution is -2.05. The highest BCUT2D eigenvalue weighted by atomic mass is 35.5. The molecule has 0 unspecified atom stereocenters. The molecular formula is C13H6ClF3N2S. The predicted octanol–water partition coefficient (Wildman–Crippen LogP) is 4.78. The number of rotatable bonds is 2. The fourth-order valence-electron chi connectivity index (χ4n) is 1.43. The fourth-order valence-corrected chi connectivity index (χ4v) is 2.51. The number of aromatic nitrogens is 1. The average Bonchev–Trinajstić information content (AvgIpc) is 2.40. The van der Waals surface area contributed by atoms with Crippen molar-refractivity contribution in [2.45, 2.75) is 16.1 Å². The molecule has 20 heavy (non-hydrogen) atoms. The standard InChI is InChI=1S/C13H6ClF3N2S/c14-10-2-1-5-19-12(10)20-11-4-3-9(13(15,16)17)6-8(11)7-18/h1-6H. The molecular weight excluding hydrogens is 309 g/mol. The molecule has 0 aliphatic heterocycles. The van der Waals surface area contributed by atoms with Gasteiger partial charge in [0.2, 0.25) is 0 Å². The third-order valence-corrected chi connectivity index (χ3v) is 3.87. The van der Waals surface area contributed by atoms with Gasteiger partial charge in [-0.2, -0.15) is 18.4 Å². The molecule has 7 heteroatoms. The summed E-state index contributed by atoms with van der Waals surface area (Å²) in [5.41, 5.74) is -0.919. The number of alkyl halides is 3. The van der Waals surface area contributed by atoms with Gasteiger partial charge in [-0.15, -0.1) is 0 Å². The second kappa shape index (κ2) is 5.73. The normalized spacial score (nSPS) is 11.2. The monoisotopic (exact) mass is 314 g/mol. The second-order valence-corrected chi connectivity index (χ2v) is 5.15. The number of hydrogen-bond donors (Lipinski definition) is 0. The van der Waals surface area contributed by atoms with Gasteiger partial charge in [0.1, 0.15) is 11.1 Å². The highest BCUT2D eigenvalue weighted by molar-refractivity contribution is 7.99. The second-order valence-electron chi connectivity index (χ2n) is 3.71. The molecule has 1 aromatic heterocycles. The molecule has 0 aliphatic carbocycles. The third kappa shape index (κ3) is 3.24. The quantitative estimate of drug-likeness (QED) is 0.800. The van der Waals surface area contributed by atoms with Crippen LogP contribution in [0.25, 0.3) is 0 Å². The lowest BCUT2D eigenvalue weighted by atomic mass is 10.1. The number of nitriles is 1. The first-order chi connectivity index (χ1) is 9.41. The summed E-state index contributed by atoms with van der Waals surface area (Å²) in [6.07, 6.45) is -2.96. The van der Waals surface area contributed by atoms with Crippen LogP contribution in [0.3, 0.4) is 0 Å². The van der Waals surface area contributed by atoms with Gasteiger partial charge in [-0.05, 0) is 30.3 Å². The van der Waals surface area contributed by atoms with Gasteiger partial charge in [0.05, 0.1) is 16.1 Å². The van der Waals surface area contributed by atoms with Crippen LogP contribution in [0.15, 0.2) is 46.5 Å². The maximum absolute atomic E-state index is 12.6. The number of pyridine rings is 1. The van der Waals surface area contributed by atoms with Gasteiger partial charge in [-0.1, -0.05) is 23.4 Å². The Morgan fingerprint density at radius 3 is 2.60 bits per heavy atom. The minimum Gasteiger partial charge on any atom is -0.248 e. The number of benzene rings is 1. The van der Waals surface area contributed by atoms with Crippen LogP contribution < -0.4 is 0 Å². The van der Waals surface area contributed by atoms with Crippen LogP contribution in [0.1, 0.15) is 11.1 Å². The van der Waals surface area contributed by atoms with Crippen LogP contribution in [0.4, 0.5) is 13.2 Å². The largest absolute Gasteiger partial charge is 0.416 e. The molecule has 0 spiro atoms. The minimum absolute atomic E-state index is 0.0634. The highest BCUT2D eigenvalue weighted by Gasteiger charge is 2.31. The summed E-state index contributed by atoms with van der Waals surface area (Å²) in [4.78, 5) is 4.40. The Labute approximate surface area is 122 Å². The number of nitrogens with zero attached hydrogens (tertiary/aromatic N) is 2. The molecule has 2 nitrogen and oxygen atoms in total. The molecule has 2 rings (SSSR count). The summed E-state index contributed by atoms with van der Waals surface area (Å²) in [6, 6.07) is 8.01. The van der Waals surface area contributed by atoms with E-state index in [9.17, 15) is 13.2 Å². The van der Waals surface area contributed by atoms with Crippen molar-refractivity contribution in [1.29, 1.82) is 5.26 Å². The predicted molar refractivity (Wildman–Crippen MR) is 69.5 cm³/mol. The van der Waals surface area contributed by atoms with Crippen LogP contribution in [-0.2, 0) is 6.18 Å². The third-order valence-electron chi connectivity index (χ3n) is 2.36. The summed E-state index contributed by atoms with van der Waals surface area (Å²) < 4.78 is 37.7. The van der Waals surface area contributed by atoms with Crippen LogP contribution >= 0.6 is 23.4 Å². The maximum atomic E-state index is 12.6. The molecule has 1 heterocycles. The Hall–Kier alpha value is -1.71. The summed E-state index contributed by atoms with van der Waals surface area (Å²) in [5.74, 6) is 0. The van der Waals surface area contributed by atoms with E-state index >= 15 is 0 Å². The number of hydrogen-bond acceptors (Lipinski definition) is 3. The highest BCUT2D eigenvalue weighted by Crippen LogP contribution is 2.36. The first kappa shape index (κ1) is 14.7. The van der Waals surface area contributed by atoms with E-state index in [1.807, 2.05) is 0 Å². The topological polar surface area (TPSA) is 36.7 Å². The van der Waals surface area contributed by atoms with Gasteiger partial charge in [0.25, 0.3) is 0 Å². The van der Waals surface area contributed by atoms with Gasteiger partial charge in [-0.3, -0.25) is 0 Å². The summed E-state index contributed by atoms with van der Waals surface area (Å²) >= 11 is 6.98. The molecule has 0 fully saturated rings. The van der Waals surface area contributed by atoms with E-state index < -0.39 is 11.7 Å². The van der Waals surface area contributed by atoms with E-state index in [1.165, 1.54) is 12.3 Å². The molecule has 0 radical (unpaired) electrons. The Bertz CT molecular complexity index is 680. The van der Waals surface area contributed by atoms with Crippen LogP contribution in [0, 0.1) is 11.3 Å². The molecule has 0 atom stereocenters. The van der Waals surface area contributed by atoms with Crippen molar-refractivity contribution in [3.63, 3.8) is 0 Å². The van der Waals surface area contributed by atoms with Crippen LogP contribution in [-0.4, -0.2) is 4.98 Å². The van der Waals surface area contributed by atoms with Gasteiger partial charge in [0.15, 0.2) is 0 Å². The zero-order chi connectivity index (χ0) is 14.8. The molecule has 0 aliphatic rings. The van der Waals surface area contributed by atoms with Crippen LogP contribution in [0.2, 0.25) is 5.02 Å². The van der Waals surface area contributed by atoms with E-state index in [4.69, 9.17) is 16.9 Å². The SMILES string of the molecule is N#Cc1cc(C(F)(F)F)ccc1Sc1ncccc1Cl. The summed E-state index contributed by atoms with van der Waals surface area (Å²) in [6.45, 7) is 0. The molecule has 0 amide bonds. The van der Waals surface area contributed by atoms with Gasteiger partial charge < -0.3 is 0 Å². The fraction of sp³-hybridized carbons (Fsp3) is 0.0769. The molecule has 102 valence electrons. The van der Waals surface area contributed by atoms with Crippen molar-refractivity contribution < 1.29 is 13.2 Å². The van der Waals surface area contributed by atoms with Gasteiger partial charge >= 0.3 is 6.18 Å². The molecule has 0 N–H and O–H groups in total. The molecule has 0 saturated heterocycles. The zero-order valence-corrected chi connectivity index (χ0v) is 11.4. The molecule has 1 aromatic carbocycles. The Morgan fingerprint density at radius 2 is 2.00 bits per heavy atom. The first-order valence-corrected chi connectivity index (χ1v) is 6.51. The molecule has 2 aromatic rings. The van der Waals surface area contributed by atoms with E-state index in [0.29, 0.717) is 14.9 Å². The van der Waals surface area contributed by atoms with Gasteiger partial charge in [-0.25, -0.2) is 4.98 Å². The maximum Gasteiger partial charge on any atom is 0.416 e. The van der Waals surface area contributed by atoms with Crippen molar-refractivity contribution in [2.24, 2.45) is 0 Å². The lowest BCUT2D eigenvalue weighted by molar-refractivity contribution is -0.137. The summed E-state index contributed by atoms with van der Waals surface area (Å²) in [5, 5.41) is 9.78. The Morgan fingerprint density at radius 1 is 1.25 bits per heavy atom. The van der Waals surface area contributed by atoms with Crippen molar-refractivity contribution in [1.82, 2.24) is 4.98 Å². The van der Waals surface area contributed by atoms with E-state index in [-0.39, 0.29) is 5.56 Å². The van der Waals surface area contributed by atoms with Crippen LogP contribution in [0.5, 0.6) is 0 Å². The van der Waals surface area contributed by atoms with Crippen molar-refractivity contribution in [2.75, 3.05) is 0 Å². The molecule has 0 bridgehead atoms. The smallest absolute Gasteiger partial charge is 0.248 e. The summed E-state index contributed by atoms with van der Waals surface area (Å²) in [7, 11) is 0. The van der Waals surface area contributed by atoms with Crippen molar-refractivity contribution in [3.8, 4) is 6.07 Å². The van der Waals surface area contributed by atoms with Gasteiger partial charge in [0, 0.05) is 11.1 Å². The average molecular weight is 315 g/mol. The van der Waals surface area contributed by atoms with Crippen molar-refractivity contribution in [3.05, 3.63) is 52.7 Å². The lowest BCUT2D eigenvalue weighted by Gasteiger charge is -2.09. The minimum atomic E-state index is -4.47. The zero-order valence-electron chi connectivity index (χ0n) is 9.78. The van der Waals surface area contributed by atoms with E-state index in [1.54, 1.807) is 18.2 Å². The van der Waals surface area contributed by atoms with E-state index in [2.05, 4.69) is 4.98 Å².